The number of nitrogens with zero attached hydrogens (tertiary/aromatic N) is 1. The third-order valence-corrected chi connectivity index (χ3v) is 3.40. The molecular weight excluding hydrogens is 250 g/mol. The molecule has 1 aromatic heterocycles. The van der Waals surface area contributed by atoms with Crippen LogP contribution in [0.5, 0.6) is 5.88 Å². The average molecular weight is 265 g/mol. The van der Waals surface area contributed by atoms with Crippen molar-refractivity contribution in [3.8, 4) is 5.88 Å². The highest BCUT2D eigenvalue weighted by Gasteiger charge is 2.52. The zero-order chi connectivity index (χ0) is 14.0. The molecule has 0 amide bonds. The van der Waals surface area contributed by atoms with Gasteiger partial charge in [-0.15, -0.1) is 0 Å². The van der Waals surface area contributed by atoms with Gasteiger partial charge in [0.05, 0.1) is 21.3 Å². The molecule has 1 aromatic rings. The van der Waals surface area contributed by atoms with Gasteiger partial charge in [0.1, 0.15) is 0 Å². The second-order valence-corrected chi connectivity index (χ2v) is 4.41. The van der Waals surface area contributed by atoms with Crippen LogP contribution in [0.2, 0.25) is 0 Å². The summed E-state index contributed by atoms with van der Waals surface area (Å²) in [6, 6.07) is 1.73. The predicted molar refractivity (Wildman–Crippen MR) is 64.7 cm³/mol. The minimum Gasteiger partial charge on any atom is -0.481 e. The maximum atomic E-state index is 12.0. The highest BCUT2D eigenvalue weighted by molar-refractivity contribution is 6.01. The summed E-state index contributed by atoms with van der Waals surface area (Å²) in [5.41, 5.74) is 0.374. The summed E-state index contributed by atoms with van der Waals surface area (Å²) in [5.74, 6) is -0.728. The van der Waals surface area contributed by atoms with Crippen molar-refractivity contribution >= 4 is 11.9 Å². The van der Waals surface area contributed by atoms with Gasteiger partial charge in [-0.3, -0.25) is 9.59 Å². The number of fused-ring (bicyclic) bond motifs is 1. The lowest BCUT2D eigenvalue weighted by atomic mass is 9.85. The molecule has 0 saturated heterocycles. The third-order valence-electron chi connectivity index (χ3n) is 3.40. The van der Waals surface area contributed by atoms with E-state index < -0.39 is 17.4 Å². The molecule has 0 aromatic carbocycles. The van der Waals surface area contributed by atoms with Crippen LogP contribution >= 0.6 is 0 Å². The maximum absolute atomic E-state index is 12.0. The number of carbonyl (C=O) groups is 2. The van der Waals surface area contributed by atoms with E-state index in [9.17, 15) is 9.59 Å². The number of methoxy groups -OCH3 is 3. The van der Waals surface area contributed by atoms with Crippen LogP contribution in [0.3, 0.4) is 0 Å². The standard InChI is InChI=1S/C13H15NO5/c1-17-10-4-8-5-13(11(15)18-2,12(16)19-3)6-9(8)7-14-10/h4,7H,5-6H2,1-3H3. The van der Waals surface area contributed by atoms with E-state index >= 15 is 0 Å². The van der Waals surface area contributed by atoms with E-state index in [0.29, 0.717) is 5.88 Å². The van der Waals surface area contributed by atoms with Gasteiger partial charge in [-0.05, 0) is 11.1 Å². The molecule has 102 valence electrons. The summed E-state index contributed by atoms with van der Waals surface area (Å²) < 4.78 is 14.6. The fraction of sp³-hybridized carbons (Fsp3) is 0.462. The SMILES string of the molecule is COC(=O)C1(C(=O)OC)Cc2cnc(OC)cc2C1. The van der Waals surface area contributed by atoms with Gasteiger partial charge < -0.3 is 14.2 Å². The number of hydrogen-bond acceptors (Lipinski definition) is 6. The number of carbonyl (C=O) groups excluding carboxylic acids is 2. The number of rotatable bonds is 3. The van der Waals surface area contributed by atoms with Crippen molar-refractivity contribution in [3.05, 3.63) is 23.4 Å². The highest BCUT2D eigenvalue weighted by atomic mass is 16.5. The normalized spacial score (nSPS) is 15.5. The van der Waals surface area contributed by atoms with E-state index in [2.05, 4.69) is 4.98 Å². The molecule has 0 unspecified atom stereocenters. The number of esters is 2. The zero-order valence-corrected chi connectivity index (χ0v) is 11.1. The van der Waals surface area contributed by atoms with Crippen LogP contribution in [0.4, 0.5) is 0 Å². The fourth-order valence-electron chi connectivity index (χ4n) is 2.41. The molecule has 0 atom stereocenters. The van der Waals surface area contributed by atoms with Crippen LogP contribution < -0.4 is 4.74 Å². The van der Waals surface area contributed by atoms with Crippen LogP contribution in [-0.4, -0.2) is 38.3 Å². The topological polar surface area (TPSA) is 74.7 Å². The van der Waals surface area contributed by atoms with Crippen LogP contribution in [0.1, 0.15) is 11.1 Å². The Bertz CT molecular complexity index is 510. The van der Waals surface area contributed by atoms with Crippen LogP contribution in [0.15, 0.2) is 12.3 Å². The Kier molecular flexibility index (Phi) is 3.42. The smallest absolute Gasteiger partial charge is 0.323 e. The van der Waals surface area contributed by atoms with E-state index in [1.54, 1.807) is 12.3 Å². The molecule has 0 N–H and O–H groups in total. The Labute approximate surface area is 110 Å². The minimum atomic E-state index is -1.31. The fourth-order valence-corrected chi connectivity index (χ4v) is 2.41. The van der Waals surface area contributed by atoms with E-state index in [0.717, 1.165) is 11.1 Å². The summed E-state index contributed by atoms with van der Waals surface area (Å²) >= 11 is 0. The first kappa shape index (κ1) is 13.3. The van der Waals surface area contributed by atoms with Gasteiger partial charge in [-0.1, -0.05) is 0 Å². The molecule has 0 fully saturated rings. The van der Waals surface area contributed by atoms with Gasteiger partial charge in [0.15, 0.2) is 5.41 Å². The number of hydrogen-bond donors (Lipinski definition) is 0. The maximum Gasteiger partial charge on any atom is 0.323 e. The average Bonchev–Trinajstić information content (AvgIpc) is 2.84. The van der Waals surface area contributed by atoms with Crippen molar-refractivity contribution in [1.29, 1.82) is 0 Å². The molecule has 19 heavy (non-hydrogen) atoms. The van der Waals surface area contributed by atoms with Gasteiger partial charge in [0, 0.05) is 25.1 Å². The molecule has 0 saturated carbocycles. The molecule has 0 radical (unpaired) electrons. The van der Waals surface area contributed by atoms with Gasteiger partial charge in [-0.25, -0.2) is 4.98 Å². The number of pyridine rings is 1. The molecule has 2 rings (SSSR count). The van der Waals surface area contributed by atoms with Gasteiger partial charge in [0.25, 0.3) is 0 Å². The van der Waals surface area contributed by atoms with Crippen molar-refractivity contribution in [2.75, 3.05) is 21.3 Å². The van der Waals surface area contributed by atoms with E-state index in [4.69, 9.17) is 14.2 Å². The van der Waals surface area contributed by atoms with Crippen molar-refractivity contribution in [1.82, 2.24) is 4.98 Å². The van der Waals surface area contributed by atoms with E-state index in [1.165, 1.54) is 21.3 Å². The monoisotopic (exact) mass is 265 g/mol. The lowest BCUT2D eigenvalue weighted by Gasteiger charge is -2.22. The lowest BCUT2D eigenvalue weighted by molar-refractivity contribution is -0.168. The molecule has 0 bridgehead atoms. The summed E-state index contributed by atoms with van der Waals surface area (Å²) in [6.45, 7) is 0. The number of aromatic nitrogens is 1. The van der Waals surface area contributed by atoms with Crippen LogP contribution in [-0.2, 0) is 31.9 Å². The Morgan fingerprint density at radius 3 is 2.21 bits per heavy atom. The Balaban J connectivity index is 2.41. The minimum absolute atomic E-state index is 0.235. The van der Waals surface area contributed by atoms with E-state index in [-0.39, 0.29) is 12.8 Å². The molecule has 0 spiro atoms. The highest BCUT2D eigenvalue weighted by Crippen LogP contribution is 2.39. The zero-order valence-electron chi connectivity index (χ0n) is 11.1. The first-order valence-corrected chi connectivity index (χ1v) is 5.76. The first-order valence-electron chi connectivity index (χ1n) is 5.76. The quantitative estimate of drug-likeness (QED) is 0.586. The lowest BCUT2D eigenvalue weighted by Crippen LogP contribution is -2.42. The largest absolute Gasteiger partial charge is 0.481 e. The van der Waals surface area contributed by atoms with Crippen LogP contribution in [0.25, 0.3) is 0 Å². The molecule has 1 aliphatic rings. The predicted octanol–water partition coefficient (Wildman–Crippen LogP) is 0.521. The van der Waals surface area contributed by atoms with E-state index in [1.807, 2.05) is 0 Å². The number of ether oxygens (including phenoxy) is 3. The second kappa shape index (κ2) is 4.87. The molecular formula is C13H15NO5. The second-order valence-electron chi connectivity index (χ2n) is 4.41. The van der Waals surface area contributed by atoms with Gasteiger partial charge in [0.2, 0.25) is 5.88 Å². The van der Waals surface area contributed by atoms with Crippen molar-refractivity contribution < 1.29 is 23.8 Å². The van der Waals surface area contributed by atoms with Crippen molar-refractivity contribution in [2.45, 2.75) is 12.8 Å². The Morgan fingerprint density at radius 2 is 1.68 bits per heavy atom. The van der Waals surface area contributed by atoms with Crippen LogP contribution in [0, 0.1) is 5.41 Å². The summed E-state index contributed by atoms with van der Waals surface area (Å²) in [4.78, 5) is 28.0. The Hall–Kier alpha value is -2.11. The molecule has 1 aliphatic carbocycles. The van der Waals surface area contributed by atoms with Gasteiger partial charge >= 0.3 is 11.9 Å². The third kappa shape index (κ3) is 2.03. The van der Waals surface area contributed by atoms with Gasteiger partial charge in [-0.2, -0.15) is 0 Å². The summed E-state index contributed by atoms with van der Waals surface area (Å²) in [5, 5.41) is 0. The molecule has 0 aliphatic heterocycles. The van der Waals surface area contributed by atoms with Crippen molar-refractivity contribution in [3.63, 3.8) is 0 Å². The summed E-state index contributed by atoms with van der Waals surface area (Å²) in [7, 11) is 4.03. The molecule has 1 heterocycles. The molecule has 6 nitrogen and oxygen atoms in total. The molecule has 6 heteroatoms. The first-order chi connectivity index (χ1) is 9.07. The van der Waals surface area contributed by atoms with Crippen molar-refractivity contribution in [2.24, 2.45) is 5.41 Å². The Morgan fingerprint density at radius 1 is 1.11 bits per heavy atom. The summed E-state index contributed by atoms with van der Waals surface area (Å²) in [6.07, 6.45) is 2.08.